The third kappa shape index (κ3) is 4.41. The molecule has 29 heavy (non-hydrogen) atoms. The van der Waals surface area contributed by atoms with E-state index in [1.807, 2.05) is 48.2 Å². The molecule has 0 radical (unpaired) electrons. The standard InChI is InChI=1S/C24H27BrN2O2/c1-3-5-21-18(11-8-16-12-13-24(2,26)29-22(16)21)15-27(23(28)17-9-10-17)20-7-4-6-19(25)14-20/h4,6-8,11-14,17H,3,5,9-10,15,26H2,1-2H3. The predicted octanol–water partition coefficient (Wildman–Crippen LogP) is 5.43. The van der Waals surface area contributed by atoms with E-state index >= 15 is 0 Å². The molecule has 0 aromatic heterocycles. The Hall–Kier alpha value is -2.11. The number of halogens is 1. The number of fused-ring (bicyclic) bond motifs is 1. The van der Waals surface area contributed by atoms with Gasteiger partial charge in [-0.15, -0.1) is 0 Å². The number of rotatable bonds is 6. The molecule has 2 N–H and O–H groups in total. The summed E-state index contributed by atoms with van der Waals surface area (Å²) in [5.41, 5.74) is 9.64. The Labute approximate surface area is 180 Å². The first-order valence-corrected chi connectivity index (χ1v) is 11.1. The van der Waals surface area contributed by atoms with E-state index in [0.29, 0.717) is 6.54 Å². The van der Waals surface area contributed by atoms with Crippen LogP contribution in [0.2, 0.25) is 0 Å². The van der Waals surface area contributed by atoms with Gasteiger partial charge in [-0.1, -0.05) is 47.5 Å². The number of carbonyl (C=O) groups excluding carboxylic acids is 1. The number of benzene rings is 2. The lowest BCUT2D eigenvalue weighted by molar-refractivity contribution is -0.119. The molecule has 5 heteroatoms. The number of amides is 1. The fourth-order valence-corrected chi connectivity index (χ4v) is 4.17. The van der Waals surface area contributed by atoms with E-state index in [4.69, 9.17) is 10.5 Å². The number of carbonyl (C=O) groups is 1. The number of nitrogens with two attached hydrogens (primary N) is 1. The smallest absolute Gasteiger partial charge is 0.230 e. The van der Waals surface area contributed by atoms with Crippen molar-refractivity contribution in [1.29, 1.82) is 0 Å². The topological polar surface area (TPSA) is 55.6 Å². The predicted molar refractivity (Wildman–Crippen MR) is 121 cm³/mol. The largest absolute Gasteiger partial charge is 0.469 e. The van der Waals surface area contributed by atoms with Crippen molar-refractivity contribution in [1.82, 2.24) is 0 Å². The van der Waals surface area contributed by atoms with Crippen LogP contribution in [0.1, 0.15) is 49.8 Å². The van der Waals surface area contributed by atoms with Gasteiger partial charge in [0, 0.05) is 21.6 Å². The van der Waals surface area contributed by atoms with Crippen molar-refractivity contribution >= 4 is 33.6 Å². The van der Waals surface area contributed by atoms with Crippen molar-refractivity contribution in [3.63, 3.8) is 0 Å². The van der Waals surface area contributed by atoms with Crippen LogP contribution in [0, 0.1) is 5.92 Å². The minimum Gasteiger partial charge on any atom is -0.469 e. The molecule has 2 aliphatic rings. The molecule has 0 spiro atoms. The normalized spacial score (nSPS) is 20.1. The second-order valence-corrected chi connectivity index (χ2v) is 9.09. The van der Waals surface area contributed by atoms with Crippen LogP contribution in [-0.4, -0.2) is 11.6 Å². The second-order valence-electron chi connectivity index (χ2n) is 8.17. The van der Waals surface area contributed by atoms with Crippen molar-refractivity contribution in [2.45, 2.75) is 51.8 Å². The van der Waals surface area contributed by atoms with Gasteiger partial charge in [0.15, 0.2) is 5.72 Å². The average molecular weight is 455 g/mol. The summed E-state index contributed by atoms with van der Waals surface area (Å²) >= 11 is 3.54. The molecule has 4 rings (SSSR count). The van der Waals surface area contributed by atoms with Crippen LogP contribution in [0.3, 0.4) is 0 Å². The van der Waals surface area contributed by atoms with Crippen LogP contribution < -0.4 is 15.4 Å². The van der Waals surface area contributed by atoms with E-state index in [2.05, 4.69) is 35.0 Å². The zero-order valence-electron chi connectivity index (χ0n) is 17.0. The number of nitrogens with zero attached hydrogens (tertiary/aromatic N) is 1. The van der Waals surface area contributed by atoms with Gasteiger partial charge in [0.25, 0.3) is 0 Å². The molecule has 0 saturated heterocycles. The van der Waals surface area contributed by atoms with Gasteiger partial charge in [-0.25, -0.2) is 0 Å². The van der Waals surface area contributed by atoms with Gasteiger partial charge in [0.2, 0.25) is 5.91 Å². The van der Waals surface area contributed by atoms with E-state index in [1.165, 1.54) is 0 Å². The zero-order valence-corrected chi connectivity index (χ0v) is 18.5. The first kappa shape index (κ1) is 20.2. The van der Waals surface area contributed by atoms with Gasteiger partial charge in [-0.3, -0.25) is 10.5 Å². The summed E-state index contributed by atoms with van der Waals surface area (Å²) < 4.78 is 7.12. The molecule has 1 fully saturated rings. The quantitative estimate of drug-likeness (QED) is 0.633. The minimum absolute atomic E-state index is 0.146. The summed E-state index contributed by atoms with van der Waals surface area (Å²) in [5, 5.41) is 0. The molecule has 2 aromatic carbocycles. The van der Waals surface area contributed by atoms with Crippen molar-refractivity contribution in [3.05, 3.63) is 63.6 Å². The Bertz CT molecular complexity index is 963. The molecule has 1 aliphatic carbocycles. The molecule has 2 aromatic rings. The molecule has 152 valence electrons. The first-order valence-electron chi connectivity index (χ1n) is 10.3. The summed E-state index contributed by atoms with van der Waals surface area (Å²) in [6.45, 7) is 4.55. The SMILES string of the molecule is CCCc1c(CN(C(=O)C2CC2)c2cccc(Br)c2)ccc2c1OC(C)(N)C=C2. The summed E-state index contributed by atoms with van der Waals surface area (Å²) in [4.78, 5) is 15.1. The third-order valence-electron chi connectivity index (χ3n) is 5.44. The monoisotopic (exact) mass is 454 g/mol. The Balaban J connectivity index is 1.74. The Morgan fingerprint density at radius 2 is 2.10 bits per heavy atom. The van der Waals surface area contributed by atoms with Crippen LogP contribution in [0.5, 0.6) is 5.75 Å². The molecule has 0 bridgehead atoms. The van der Waals surface area contributed by atoms with Crippen LogP contribution in [0.15, 0.2) is 46.9 Å². The summed E-state index contributed by atoms with van der Waals surface area (Å²) in [6.07, 6.45) is 7.75. The van der Waals surface area contributed by atoms with Gasteiger partial charge >= 0.3 is 0 Å². The molecule has 1 aliphatic heterocycles. The highest BCUT2D eigenvalue weighted by molar-refractivity contribution is 9.10. The molecular formula is C24H27BrN2O2. The average Bonchev–Trinajstić information content (AvgIpc) is 3.52. The van der Waals surface area contributed by atoms with Crippen molar-refractivity contribution < 1.29 is 9.53 Å². The van der Waals surface area contributed by atoms with E-state index < -0.39 is 5.72 Å². The molecule has 1 heterocycles. The maximum absolute atomic E-state index is 13.1. The highest BCUT2D eigenvalue weighted by atomic mass is 79.9. The number of ether oxygens (including phenoxy) is 1. The fraction of sp³-hybridized carbons (Fsp3) is 0.375. The highest BCUT2D eigenvalue weighted by Crippen LogP contribution is 2.38. The van der Waals surface area contributed by atoms with Gasteiger partial charge in [0.1, 0.15) is 5.75 Å². The highest BCUT2D eigenvalue weighted by Gasteiger charge is 2.35. The molecule has 1 amide bonds. The maximum Gasteiger partial charge on any atom is 0.230 e. The third-order valence-corrected chi connectivity index (χ3v) is 5.94. The molecule has 1 saturated carbocycles. The zero-order chi connectivity index (χ0) is 20.6. The summed E-state index contributed by atoms with van der Waals surface area (Å²) in [7, 11) is 0. The summed E-state index contributed by atoms with van der Waals surface area (Å²) in [6, 6.07) is 12.2. The Morgan fingerprint density at radius 1 is 1.31 bits per heavy atom. The van der Waals surface area contributed by atoms with Crippen LogP contribution >= 0.6 is 15.9 Å². The van der Waals surface area contributed by atoms with Gasteiger partial charge in [-0.2, -0.15) is 0 Å². The van der Waals surface area contributed by atoms with Crippen LogP contribution in [0.4, 0.5) is 5.69 Å². The van der Waals surface area contributed by atoms with Gasteiger partial charge < -0.3 is 9.64 Å². The lowest BCUT2D eigenvalue weighted by Gasteiger charge is -2.31. The van der Waals surface area contributed by atoms with Crippen molar-refractivity contribution in [3.8, 4) is 5.75 Å². The number of hydrogen-bond acceptors (Lipinski definition) is 3. The number of hydrogen-bond donors (Lipinski definition) is 1. The second kappa shape index (κ2) is 7.96. The summed E-state index contributed by atoms with van der Waals surface area (Å²) in [5.74, 6) is 1.20. The van der Waals surface area contributed by atoms with Gasteiger partial charge in [0.05, 0.1) is 6.54 Å². The maximum atomic E-state index is 13.1. The Morgan fingerprint density at radius 3 is 2.79 bits per heavy atom. The van der Waals surface area contributed by atoms with E-state index in [0.717, 1.165) is 58.3 Å². The van der Waals surface area contributed by atoms with Gasteiger partial charge in [-0.05, 0) is 67.7 Å². The van der Waals surface area contributed by atoms with Crippen molar-refractivity contribution in [2.75, 3.05) is 4.90 Å². The fourth-order valence-electron chi connectivity index (χ4n) is 3.78. The molecule has 4 nitrogen and oxygen atoms in total. The van der Waals surface area contributed by atoms with E-state index in [9.17, 15) is 4.79 Å². The lowest BCUT2D eigenvalue weighted by atomic mass is 9.95. The minimum atomic E-state index is -0.818. The van der Waals surface area contributed by atoms with E-state index in [1.54, 1.807) is 0 Å². The number of anilines is 1. The van der Waals surface area contributed by atoms with Crippen LogP contribution in [0.25, 0.3) is 6.08 Å². The van der Waals surface area contributed by atoms with Crippen LogP contribution in [-0.2, 0) is 17.8 Å². The first-order chi connectivity index (χ1) is 13.9. The molecule has 1 atom stereocenters. The van der Waals surface area contributed by atoms with E-state index in [-0.39, 0.29) is 11.8 Å². The Kier molecular flexibility index (Phi) is 5.54. The lowest BCUT2D eigenvalue weighted by Crippen LogP contribution is -2.42. The molecular weight excluding hydrogens is 428 g/mol. The molecule has 1 unspecified atom stereocenters. The van der Waals surface area contributed by atoms with Crippen molar-refractivity contribution in [2.24, 2.45) is 11.7 Å².